The van der Waals surface area contributed by atoms with Gasteiger partial charge >= 0.3 is 0 Å². The highest BCUT2D eigenvalue weighted by Crippen LogP contribution is 2.48. The van der Waals surface area contributed by atoms with Crippen molar-refractivity contribution in [3.63, 3.8) is 0 Å². The van der Waals surface area contributed by atoms with Gasteiger partial charge in [0, 0.05) is 24.4 Å². The fraction of sp³-hybridized carbons (Fsp3) is 0.667. The maximum atomic E-state index is 12.4. The van der Waals surface area contributed by atoms with Crippen LogP contribution in [0.4, 0.5) is 0 Å². The summed E-state index contributed by atoms with van der Waals surface area (Å²) < 4.78 is 0. The molecule has 3 nitrogen and oxygen atoms in total. The fourth-order valence-corrected chi connectivity index (χ4v) is 3.99. The summed E-state index contributed by atoms with van der Waals surface area (Å²) in [5.41, 5.74) is 1.41. The Hall–Kier alpha value is -0.870. The summed E-state index contributed by atoms with van der Waals surface area (Å²) in [5, 5.41) is 11.0. The van der Waals surface area contributed by atoms with E-state index < -0.39 is 0 Å². The van der Waals surface area contributed by atoms with Gasteiger partial charge < -0.3 is 10.0 Å². The number of carbonyl (C=O) groups excluding carboxylic acids is 1. The van der Waals surface area contributed by atoms with Gasteiger partial charge in [-0.3, -0.25) is 4.79 Å². The molecular weight excluding hydrogens is 258 g/mol. The monoisotopic (exact) mass is 279 g/mol. The van der Waals surface area contributed by atoms with Crippen molar-refractivity contribution in [3.8, 4) is 0 Å². The molecule has 1 aliphatic carbocycles. The molecule has 1 unspecified atom stereocenters. The van der Waals surface area contributed by atoms with Crippen LogP contribution >= 0.6 is 11.3 Å². The second kappa shape index (κ2) is 5.63. The molecule has 0 aromatic carbocycles. The van der Waals surface area contributed by atoms with E-state index in [1.54, 1.807) is 0 Å². The van der Waals surface area contributed by atoms with E-state index in [-0.39, 0.29) is 12.5 Å². The van der Waals surface area contributed by atoms with E-state index >= 15 is 0 Å². The first-order valence-electron chi connectivity index (χ1n) is 7.28. The molecule has 0 spiro atoms. The van der Waals surface area contributed by atoms with Crippen LogP contribution in [0.5, 0.6) is 0 Å². The number of nitrogens with zero attached hydrogens (tertiary/aromatic N) is 1. The zero-order chi connectivity index (χ0) is 13.2. The molecule has 1 aromatic heterocycles. The zero-order valence-electron chi connectivity index (χ0n) is 11.2. The Morgan fingerprint density at radius 1 is 1.42 bits per heavy atom. The normalized spacial score (nSPS) is 22.4. The molecule has 1 saturated carbocycles. The van der Waals surface area contributed by atoms with Gasteiger partial charge in [0.2, 0.25) is 5.91 Å². The number of rotatable bonds is 5. The van der Waals surface area contributed by atoms with Gasteiger partial charge in [0.25, 0.3) is 0 Å². The molecule has 1 aliphatic heterocycles. The number of thiophene rings is 1. The molecule has 1 fully saturated rings. The highest BCUT2D eigenvalue weighted by molar-refractivity contribution is 7.10. The molecule has 0 saturated heterocycles. The van der Waals surface area contributed by atoms with Crippen LogP contribution in [-0.4, -0.2) is 29.1 Å². The van der Waals surface area contributed by atoms with Crippen molar-refractivity contribution in [3.05, 3.63) is 21.9 Å². The lowest BCUT2D eigenvalue weighted by atomic mass is 9.95. The van der Waals surface area contributed by atoms with Crippen molar-refractivity contribution < 1.29 is 9.90 Å². The summed E-state index contributed by atoms with van der Waals surface area (Å²) in [6, 6.07) is 2.56. The predicted molar refractivity (Wildman–Crippen MR) is 76.1 cm³/mol. The van der Waals surface area contributed by atoms with Gasteiger partial charge in [-0.1, -0.05) is 0 Å². The van der Waals surface area contributed by atoms with Crippen LogP contribution in [0.1, 0.15) is 48.6 Å². The lowest BCUT2D eigenvalue weighted by Crippen LogP contribution is -2.40. The number of hydrogen-bond donors (Lipinski definition) is 1. The minimum atomic E-state index is 0.189. The van der Waals surface area contributed by atoms with Gasteiger partial charge in [-0.15, -0.1) is 11.3 Å². The van der Waals surface area contributed by atoms with Crippen molar-refractivity contribution in [2.45, 2.75) is 44.6 Å². The first-order valence-corrected chi connectivity index (χ1v) is 8.16. The SMILES string of the molecule is O=C(CCCCO)N1CCc2sccc2C1C1CC1. The van der Waals surface area contributed by atoms with Crippen LogP contribution in [0.3, 0.4) is 0 Å². The molecule has 3 rings (SSSR count). The van der Waals surface area contributed by atoms with Crippen LogP contribution < -0.4 is 0 Å². The molecule has 2 aliphatic rings. The van der Waals surface area contributed by atoms with Gasteiger partial charge in [-0.05, 0) is 55.0 Å². The van der Waals surface area contributed by atoms with E-state index in [0.717, 1.165) is 25.8 Å². The summed E-state index contributed by atoms with van der Waals surface area (Å²) in [6.07, 6.45) is 5.67. The van der Waals surface area contributed by atoms with Crippen molar-refractivity contribution in [2.75, 3.05) is 13.2 Å². The second-order valence-electron chi connectivity index (χ2n) is 5.60. The molecule has 0 bridgehead atoms. The van der Waals surface area contributed by atoms with E-state index in [0.29, 0.717) is 18.4 Å². The van der Waals surface area contributed by atoms with Gasteiger partial charge in [-0.2, -0.15) is 0 Å². The first kappa shape index (κ1) is 13.1. The molecule has 104 valence electrons. The number of aliphatic hydroxyl groups excluding tert-OH is 1. The zero-order valence-corrected chi connectivity index (χ0v) is 12.0. The van der Waals surface area contributed by atoms with E-state index in [4.69, 9.17) is 5.11 Å². The van der Waals surface area contributed by atoms with E-state index in [2.05, 4.69) is 16.3 Å². The van der Waals surface area contributed by atoms with Crippen LogP contribution in [0, 0.1) is 5.92 Å². The van der Waals surface area contributed by atoms with Crippen LogP contribution in [0.25, 0.3) is 0 Å². The third-order valence-corrected chi connectivity index (χ3v) is 5.20. The maximum absolute atomic E-state index is 12.4. The summed E-state index contributed by atoms with van der Waals surface area (Å²) in [5.74, 6) is 0.970. The first-order chi connectivity index (χ1) is 9.31. The lowest BCUT2D eigenvalue weighted by molar-refractivity contribution is -0.134. The number of amides is 1. The maximum Gasteiger partial charge on any atom is 0.223 e. The smallest absolute Gasteiger partial charge is 0.223 e. The third kappa shape index (κ3) is 2.70. The fourth-order valence-electron chi connectivity index (χ4n) is 3.08. The highest BCUT2D eigenvalue weighted by Gasteiger charge is 2.41. The summed E-state index contributed by atoms with van der Waals surface area (Å²) in [6.45, 7) is 1.07. The van der Waals surface area contributed by atoms with Crippen LogP contribution in [0.2, 0.25) is 0 Å². The molecule has 19 heavy (non-hydrogen) atoms. The Kier molecular flexibility index (Phi) is 3.89. The average Bonchev–Trinajstić information content (AvgIpc) is 3.14. The standard InChI is InChI=1S/C15H21NO2S/c17-9-2-1-3-14(18)16-8-6-13-12(7-10-19-13)15(16)11-4-5-11/h7,10-11,15,17H,1-6,8-9H2. The number of carbonyl (C=O) groups is 1. The summed E-state index contributed by atoms with van der Waals surface area (Å²) >= 11 is 1.84. The van der Waals surface area contributed by atoms with E-state index in [1.165, 1.54) is 23.3 Å². The topological polar surface area (TPSA) is 40.5 Å². The number of unbranched alkanes of at least 4 members (excludes halogenated alkanes) is 1. The lowest BCUT2D eigenvalue weighted by Gasteiger charge is -2.36. The van der Waals surface area contributed by atoms with E-state index in [9.17, 15) is 4.79 Å². The Morgan fingerprint density at radius 2 is 2.26 bits per heavy atom. The van der Waals surface area contributed by atoms with Crippen LogP contribution in [-0.2, 0) is 11.2 Å². The van der Waals surface area contributed by atoms with Crippen molar-refractivity contribution >= 4 is 17.2 Å². The molecule has 1 aromatic rings. The quantitative estimate of drug-likeness (QED) is 0.842. The van der Waals surface area contributed by atoms with Gasteiger partial charge in [-0.25, -0.2) is 0 Å². The molecule has 0 radical (unpaired) electrons. The Labute approximate surface area is 118 Å². The minimum Gasteiger partial charge on any atom is -0.396 e. The second-order valence-corrected chi connectivity index (χ2v) is 6.60. The van der Waals surface area contributed by atoms with Gasteiger partial charge in [0.1, 0.15) is 0 Å². The van der Waals surface area contributed by atoms with Crippen molar-refractivity contribution in [1.82, 2.24) is 4.90 Å². The summed E-state index contributed by atoms with van der Waals surface area (Å²) in [7, 11) is 0. The molecule has 1 N–H and O–H groups in total. The van der Waals surface area contributed by atoms with E-state index in [1.807, 2.05) is 11.3 Å². The number of fused-ring (bicyclic) bond motifs is 1. The number of hydrogen-bond acceptors (Lipinski definition) is 3. The third-order valence-electron chi connectivity index (χ3n) is 4.20. The van der Waals surface area contributed by atoms with Gasteiger partial charge in [0.15, 0.2) is 0 Å². The van der Waals surface area contributed by atoms with Crippen molar-refractivity contribution in [2.24, 2.45) is 5.92 Å². The van der Waals surface area contributed by atoms with Crippen LogP contribution in [0.15, 0.2) is 11.4 Å². The predicted octanol–water partition coefficient (Wildman–Crippen LogP) is 2.75. The highest BCUT2D eigenvalue weighted by atomic mass is 32.1. The molecule has 2 heterocycles. The number of aliphatic hydroxyl groups is 1. The molecule has 1 amide bonds. The molecule has 1 atom stereocenters. The molecule has 4 heteroatoms. The minimum absolute atomic E-state index is 0.189. The Balaban J connectivity index is 1.72. The molecular formula is C15H21NO2S. The largest absolute Gasteiger partial charge is 0.396 e. The average molecular weight is 279 g/mol. The Morgan fingerprint density at radius 3 is 3.00 bits per heavy atom. The van der Waals surface area contributed by atoms with Gasteiger partial charge in [0.05, 0.1) is 6.04 Å². The Bertz CT molecular complexity index is 453. The summed E-state index contributed by atoms with van der Waals surface area (Å²) in [4.78, 5) is 16.0. The van der Waals surface area contributed by atoms with Crippen molar-refractivity contribution in [1.29, 1.82) is 0 Å².